The molecule has 2 N–H and O–H groups in total. The molecule has 4 rings (SSSR count). The second kappa shape index (κ2) is 8.16. The molecule has 0 heterocycles. The zero-order chi connectivity index (χ0) is 22.2. The number of benzene rings is 3. The quantitative estimate of drug-likeness (QED) is 0.495. The molecule has 3 aromatic carbocycles. The van der Waals surface area contributed by atoms with Crippen LogP contribution < -0.4 is 9.46 Å². The van der Waals surface area contributed by atoms with Crippen LogP contribution in [0.2, 0.25) is 10.0 Å². The highest BCUT2D eigenvalue weighted by atomic mass is 35.5. The average molecular weight is 478 g/mol. The molecule has 2 unspecified atom stereocenters. The highest BCUT2D eigenvalue weighted by molar-refractivity contribution is 7.89. The molecule has 1 fully saturated rings. The molecule has 1 aliphatic carbocycles. The number of ether oxygens (including phenoxy) is 1. The van der Waals surface area contributed by atoms with Gasteiger partial charge >= 0.3 is 5.97 Å². The average Bonchev–Trinajstić information content (AvgIpc) is 3.46. The van der Waals surface area contributed by atoms with E-state index in [1.807, 2.05) is 6.07 Å². The molecular formula is C22H17Cl2NO5S. The molecule has 31 heavy (non-hydrogen) atoms. The summed E-state index contributed by atoms with van der Waals surface area (Å²) in [7, 11) is -4.13. The molecule has 1 saturated carbocycles. The van der Waals surface area contributed by atoms with Crippen molar-refractivity contribution in [2.75, 3.05) is 0 Å². The van der Waals surface area contributed by atoms with E-state index in [4.69, 9.17) is 27.9 Å². The zero-order valence-corrected chi connectivity index (χ0v) is 18.3. The monoisotopic (exact) mass is 477 g/mol. The fraction of sp³-hybridized carbons (Fsp3) is 0.136. The maximum absolute atomic E-state index is 13.0. The third-order valence-corrected chi connectivity index (χ3v) is 7.35. The molecule has 0 aliphatic heterocycles. The normalized spacial score (nSPS) is 20.3. The maximum atomic E-state index is 13.0. The molecule has 9 heteroatoms. The van der Waals surface area contributed by atoms with Crippen LogP contribution in [0.4, 0.5) is 0 Å². The van der Waals surface area contributed by atoms with Gasteiger partial charge in [0.1, 0.15) is 17.0 Å². The molecule has 0 amide bonds. The first-order chi connectivity index (χ1) is 14.7. The van der Waals surface area contributed by atoms with Crippen LogP contribution in [0, 0.1) is 0 Å². The van der Waals surface area contributed by atoms with Crippen LogP contribution in [0.25, 0.3) is 0 Å². The molecule has 0 spiro atoms. The second-order valence-electron chi connectivity index (χ2n) is 7.20. The van der Waals surface area contributed by atoms with Crippen molar-refractivity contribution < 1.29 is 23.1 Å². The summed E-state index contributed by atoms with van der Waals surface area (Å²) in [6.45, 7) is 0. The Balaban J connectivity index is 1.58. The minimum Gasteiger partial charge on any atom is -0.480 e. The Hall–Kier alpha value is -2.58. The van der Waals surface area contributed by atoms with Crippen LogP contribution >= 0.6 is 23.2 Å². The maximum Gasteiger partial charge on any atom is 0.325 e. The van der Waals surface area contributed by atoms with Gasteiger partial charge in [-0.25, -0.2) is 8.42 Å². The minimum atomic E-state index is -4.13. The van der Waals surface area contributed by atoms with E-state index in [0.717, 1.165) is 5.56 Å². The lowest BCUT2D eigenvalue weighted by Gasteiger charge is -2.16. The van der Waals surface area contributed by atoms with Crippen molar-refractivity contribution in [3.8, 4) is 11.5 Å². The van der Waals surface area contributed by atoms with Gasteiger partial charge in [0.25, 0.3) is 0 Å². The van der Waals surface area contributed by atoms with Gasteiger partial charge in [0.05, 0.1) is 14.9 Å². The lowest BCUT2D eigenvalue weighted by atomic mass is 10.1. The van der Waals surface area contributed by atoms with Gasteiger partial charge in [-0.1, -0.05) is 59.6 Å². The second-order valence-corrected chi connectivity index (χ2v) is 9.70. The molecule has 0 saturated heterocycles. The Morgan fingerprint density at radius 1 is 0.968 bits per heavy atom. The molecule has 0 aromatic heterocycles. The van der Waals surface area contributed by atoms with Crippen molar-refractivity contribution in [2.45, 2.75) is 22.8 Å². The highest BCUT2D eigenvalue weighted by Crippen LogP contribution is 2.52. The summed E-state index contributed by atoms with van der Waals surface area (Å²) in [6.07, 6.45) is 0.172. The van der Waals surface area contributed by atoms with Crippen LogP contribution in [0.3, 0.4) is 0 Å². The van der Waals surface area contributed by atoms with Crippen LogP contribution in [0.1, 0.15) is 17.9 Å². The summed E-state index contributed by atoms with van der Waals surface area (Å²) in [6, 6.07) is 19.4. The molecule has 6 nitrogen and oxygen atoms in total. The number of hydrogen-bond acceptors (Lipinski definition) is 4. The van der Waals surface area contributed by atoms with Crippen LogP contribution in [0.5, 0.6) is 11.5 Å². The molecule has 0 bridgehead atoms. The van der Waals surface area contributed by atoms with Gasteiger partial charge in [0, 0.05) is 18.1 Å². The van der Waals surface area contributed by atoms with Crippen molar-refractivity contribution in [3.63, 3.8) is 0 Å². The molecule has 0 radical (unpaired) electrons. The van der Waals surface area contributed by atoms with E-state index < -0.39 is 27.4 Å². The van der Waals surface area contributed by atoms with E-state index in [2.05, 4.69) is 4.72 Å². The number of carboxylic acids is 1. The van der Waals surface area contributed by atoms with Gasteiger partial charge in [-0.05, 0) is 36.2 Å². The van der Waals surface area contributed by atoms with Crippen molar-refractivity contribution in [3.05, 3.63) is 88.4 Å². The Bertz CT molecular complexity index is 1250. The van der Waals surface area contributed by atoms with Gasteiger partial charge in [0.15, 0.2) is 0 Å². The van der Waals surface area contributed by atoms with Crippen molar-refractivity contribution in [2.24, 2.45) is 0 Å². The zero-order valence-electron chi connectivity index (χ0n) is 16.0. The first-order valence-electron chi connectivity index (χ1n) is 9.26. The van der Waals surface area contributed by atoms with Gasteiger partial charge in [-0.3, -0.25) is 4.79 Å². The number of sulfonamides is 1. The third-order valence-electron chi connectivity index (χ3n) is 5.10. The van der Waals surface area contributed by atoms with E-state index >= 15 is 0 Å². The minimum absolute atomic E-state index is 0.107. The lowest BCUT2D eigenvalue weighted by Crippen LogP contribution is -2.44. The summed E-state index contributed by atoms with van der Waals surface area (Å²) in [5.41, 5.74) is -0.815. The number of hydrogen-bond donors (Lipinski definition) is 2. The Morgan fingerprint density at radius 3 is 2.35 bits per heavy atom. The molecule has 1 aliphatic rings. The Labute approximate surface area is 189 Å². The predicted octanol–water partition coefficient (Wildman–Crippen LogP) is 5.07. The van der Waals surface area contributed by atoms with Crippen molar-refractivity contribution >= 4 is 39.2 Å². The third kappa shape index (κ3) is 4.41. The molecule has 3 aromatic rings. The SMILES string of the molecule is O=C(O)C1(NS(=O)(=O)c2cccc(Oc3ccc(Cl)c(Cl)c3)c2)CC1c1ccccc1. The van der Waals surface area contributed by atoms with E-state index in [9.17, 15) is 18.3 Å². The van der Waals surface area contributed by atoms with E-state index in [-0.39, 0.29) is 17.1 Å². The van der Waals surface area contributed by atoms with Crippen LogP contribution in [-0.4, -0.2) is 25.0 Å². The lowest BCUT2D eigenvalue weighted by molar-refractivity contribution is -0.140. The van der Waals surface area contributed by atoms with Crippen LogP contribution in [0.15, 0.2) is 77.7 Å². The number of aliphatic carboxylic acids is 1. The first kappa shape index (κ1) is 21.6. The number of halogens is 2. The number of carboxylic acid groups (broad SMARTS) is 1. The van der Waals surface area contributed by atoms with Gasteiger partial charge in [0.2, 0.25) is 10.0 Å². The fourth-order valence-corrected chi connectivity index (χ4v) is 5.15. The van der Waals surface area contributed by atoms with Gasteiger partial charge in [-0.15, -0.1) is 0 Å². The number of nitrogens with one attached hydrogen (secondary N) is 1. The van der Waals surface area contributed by atoms with E-state index in [0.29, 0.717) is 15.8 Å². The van der Waals surface area contributed by atoms with Crippen LogP contribution in [-0.2, 0) is 14.8 Å². The van der Waals surface area contributed by atoms with E-state index in [1.165, 1.54) is 24.3 Å². The molecular weight excluding hydrogens is 461 g/mol. The summed E-state index contributed by atoms with van der Waals surface area (Å²) in [5.74, 6) is -1.03. The Kier molecular flexibility index (Phi) is 5.70. The topological polar surface area (TPSA) is 92.7 Å². The largest absolute Gasteiger partial charge is 0.480 e. The van der Waals surface area contributed by atoms with Crippen molar-refractivity contribution in [1.82, 2.24) is 4.72 Å². The van der Waals surface area contributed by atoms with Gasteiger partial charge in [-0.2, -0.15) is 4.72 Å². The summed E-state index contributed by atoms with van der Waals surface area (Å²) in [4.78, 5) is 11.9. The number of rotatable bonds is 7. The fourth-order valence-electron chi connectivity index (χ4n) is 3.42. The standard InChI is InChI=1S/C22H17Cl2NO5S/c23-19-10-9-16(12-20(19)24)30-15-7-4-8-17(11-15)31(28,29)25-22(21(26)27)13-18(22)14-5-2-1-3-6-14/h1-12,18,25H,13H2,(H,26,27). The van der Waals surface area contributed by atoms with E-state index in [1.54, 1.807) is 42.5 Å². The van der Waals surface area contributed by atoms with Gasteiger partial charge < -0.3 is 9.84 Å². The summed E-state index contributed by atoms with van der Waals surface area (Å²) < 4.78 is 34.1. The van der Waals surface area contributed by atoms with Crippen molar-refractivity contribution in [1.29, 1.82) is 0 Å². The molecule has 160 valence electrons. The smallest absolute Gasteiger partial charge is 0.325 e. The highest BCUT2D eigenvalue weighted by Gasteiger charge is 2.63. The molecule has 2 atom stereocenters. The summed E-state index contributed by atoms with van der Waals surface area (Å²) >= 11 is 11.9. The Morgan fingerprint density at radius 2 is 1.68 bits per heavy atom. The summed E-state index contributed by atoms with van der Waals surface area (Å²) in [5, 5.41) is 10.4. The first-order valence-corrected chi connectivity index (χ1v) is 11.5. The number of carbonyl (C=O) groups is 1. The predicted molar refractivity (Wildman–Crippen MR) is 117 cm³/mol.